The summed E-state index contributed by atoms with van der Waals surface area (Å²) in [4.78, 5) is 43.4. The molecule has 11 heteroatoms. The number of hydrogen-bond donors (Lipinski definition) is 3. The van der Waals surface area contributed by atoms with Gasteiger partial charge in [-0.25, -0.2) is 0 Å². The Morgan fingerprint density at radius 3 is 2.33 bits per heavy atom. The fourth-order valence-corrected chi connectivity index (χ4v) is 4.67. The number of anilines is 2. The number of rotatable bonds is 9. The number of thioether (sulfide) groups is 1. The number of pyridine rings is 1. The van der Waals surface area contributed by atoms with Gasteiger partial charge in [0.05, 0.1) is 16.5 Å². The van der Waals surface area contributed by atoms with Crippen molar-refractivity contribution in [3.8, 4) is 0 Å². The quantitative estimate of drug-likeness (QED) is 0.150. The topological polar surface area (TPSA) is 100 Å². The number of nitrogens with one attached hydrogen (secondary N) is 3. The van der Waals surface area contributed by atoms with Crippen LogP contribution in [-0.4, -0.2) is 28.0 Å². The van der Waals surface area contributed by atoms with Gasteiger partial charge in [0.25, 0.3) is 11.8 Å². The maximum absolute atomic E-state index is 13.3. The Morgan fingerprint density at radius 2 is 1.62 bits per heavy atom. The van der Waals surface area contributed by atoms with Gasteiger partial charge in [0.1, 0.15) is 5.70 Å². The van der Waals surface area contributed by atoms with E-state index in [1.54, 1.807) is 86.0 Å². The Balaban J connectivity index is 1.47. The van der Waals surface area contributed by atoms with Crippen molar-refractivity contribution in [3.63, 3.8) is 0 Å². The van der Waals surface area contributed by atoms with E-state index in [4.69, 9.17) is 0 Å². The molecule has 1 atom stereocenters. The third-order valence-electron chi connectivity index (χ3n) is 5.79. The molecule has 0 radical (unpaired) electrons. The zero-order valence-corrected chi connectivity index (χ0v) is 23.0. The molecule has 0 saturated heterocycles. The Hall–Kier alpha value is -4.90. The summed E-state index contributed by atoms with van der Waals surface area (Å²) in [6, 6.07) is 23.2. The van der Waals surface area contributed by atoms with Gasteiger partial charge >= 0.3 is 6.18 Å². The van der Waals surface area contributed by atoms with E-state index in [1.165, 1.54) is 24.3 Å². The number of amides is 3. The first kappa shape index (κ1) is 30.1. The molecule has 4 aromatic rings. The van der Waals surface area contributed by atoms with Crippen molar-refractivity contribution >= 4 is 46.9 Å². The number of benzene rings is 3. The zero-order chi connectivity index (χ0) is 30.1. The number of para-hydroxylation sites is 1. The number of carbonyl (C=O) groups is 3. The third kappa shape index (κ3) is 8.31. The van der Waals surface area contributed by atoms with Crippen LogP contribution in [0, 0.1) is 0 Å². The zero-order valence-electron chi connectivity index (χ0n) is 22.2. The lowest BCUT2D eigenvalue weighted by atomic mass is 10.1. The average Bonchev–Trinajstić information content (AvgIpc) is 2.97. The number of carbonyl (C=O) groups excluding carboxylic acids is 3. The molecule has 3 amide bonds. The first-order valence-electron chi connectivity index (χ1n) is 12.6. The summed E-state index contributed by atoms with van der Waals surface area (Å²) >= 11 is 1.11. The maximum atomic E-state index is 13.3. The van der Waals surface area contributed by atoms with E-state index >= 15 is 0 Å². The van der Waals surface area contributed by atoms with Crippen LogP contribution in [0.4, 0.5) is 24.5 Å². The van der Waals surface area contributed by atoms with Crippen LogP contribution in [0.25, 0.3) is 6.08 Å². The molecule has 3 aromatic carbocycles. The number of nitrogens with zero attached hydrogens (tertiary/aromatic N) is 1. The predicted molar refractivity (Wildman–Crippen MR) is 157 cm³/mol. The summed E-state index contributed by atoms with van der Waals surface area (Å²) in [6.07, 6.45) is 0.00254. The Bertz CT molecular complexity index is 1600. The second-order valence-corrected chi connectivity index (χ2v) is 10.4. The minimum Gasteiger partial charge on any atom is -0.325 e. The summed E-state index contributed by atoms with van der Waals surface area (Å²) in [5, 5.41) is 6.98. The van der Waals surface area contributed by atoms with E-state index in [1.807, 2.05) is 0 Å². The molecule has 0 aliphatic heterocycles. The summed E-state index contributed by atoms with van der Waals surface area (Å²) in [6.45, 7) is 1.56. The van der Waals surface area contributed by atoms with Crippen LogP contribution in [0.1, 0.15) is 28.4 Å². The van der Waals surface area contributed by atoms with Crippen molar-refractivity contribution in [2.75, 3.05) is 10.6 Å². The van der Waals surface area contributed by atoms with Gasteiger partial charge in [0.15, 0.2) is 0 Å². The molecular weight excluding hydrogens is 565 g/mol. The van der Waals surface area contributed by atoms with Gasteiger partial charge in [-0.1, -0.05) is 42.5 Å². The van der Waals surface area contributed by atoms with Crippen molar-refractivity contribution in [1.29, 1.82) is 0 Å². The van der Waals surface area contributed by atoms with Gasteiger partial charge in [0, 0.05) is 28.5 Å². The summed E-state index contributed by atoms with van der Waals surface area (Å²) < 4.78 is 39.9. The van der Waals surface area contributed by atoms with Gasteiger partial charge in [0.2, 0.25) is 5.91 Å². The molecule has 0 aliphatic rings. The lowest BCUT2D eigenvalue weighted by molar-refractivity contribution is -0.137. The van der Waals surface area contributed by atoms with E-state index in [2.05, 4.69) is 20.9 Å². The van der Waals surface area contributed by atoms with Crippen LogP contribution in [-0.2, 0) is 15.8 Å². The first-order valence-corrected chi connectivity index (χ1v) is 13.5. The average molecular weight is 591 g/mol. The highest BCUT2D eigenvalue weighted by Gasteiger charge is 2.34. The molecule has 4 rings (SSSR count). The van der Waals surface area contributed by atoms with E-state index in [0.717, 1.165) is 17.8 Å². The van der Waals surface area contributed by atoms with Gasteiger partial charge in [-0.05, 0) is 67.1 Å². The van der Waals surface area contributed by atoms with Crippen LogP contribution in [0.2, 0.25) is 0 Å². The number of alkyl halides is 3. The minimum atomic E-state index is -4.61. The lowest BCUT2D eigenvalue weighted by Crippen LogP contribution is -2.30. The lowest BCUT2D eigenvalue weighted by Gasteiger charge is -2.16. The van der Waals surface area contributed by atoms with Gasteiger partial charge in [-0.2, -0.15) is 13.2 Å². The Kier molecular flexibility index (Phi) is 9.77. The van der Waals surface area contributed by atoms with Crippen LogP contribution >= 0.6 is 11.8 Å². The molecule has 42 heavy (non-hydrogen) atoms. The Morgan fingerprint density at radius 1 is 0.881 bits per heavy atom. The smallest absolute Gasteiger partial charge is 0.325 e. The molecule has 214 valence electrons. The molecule has 1 unspecified atom stereocenters. The van der Waals surface area contributed by atoms with E-state index in [-0.39, 0.29) is 11.4 Å². The van der Waals surface area contributed by atoms with Crippen molar-refractivity contribution in [3.05, 3.63) is 126 Å². The monoisotopic (exact) mass is 590 g/mol. The molecule has 0 saturated carbocycles. The molecule has 7 nitrogen and oxygen atoms in total. The second-order valence-electron chi connectivity index (χ2n) is 8.94. The molecule has 0 aliphatic carbocycles. The SMILES string of the molecule is CC(Sc1cccc(NC(=O)/C(=C/c2cccnc2)NC(=O)c2ccccc2)c1)C(=O)Nc1ccccc1C(F)(F)F. The van der Waals surface area contributed by atoms with Crippen molar-refractivity contribution < 1.29 is 27.6 Å². The van der Waals surface area contributed by atoms with Crippen LogP contribution in [0.5, 0.6) is 0 Å². The fraction of sp³-hybridized carbons (Fsp3) is 0.0968. The molecular formula is C31H25F3N4O3S. The highest BCUT2D eigenvalue weighted by Crippen LogP contribution is 2.35. The van der Waals surface area contributed by atoms with Crippen LogP contribution in [0.15, 0.2) is 114 Å². The second kappa shape index (κ2) is 13.6. The molecule has 0 bridgehead atoms. The van der Waals surface area contributed by atoms with Gasteiger partial charge in [-0.15, -0.1) is 11.8 Å². The molecule has 1 aromatic heterocycles. The minimum absolute atomic E-state index is 0.0222. The number of halogens is 3. The highest BCUT2D eigenvalue weighted by molar-refractivity contribution is 8.00. The number of hydrogen-bond acceptors (Lipinski definition) is 5. The fourth-order valence-electron chi connectivity index (χ4n) is 3.75. The van der Waals surface area contributed by atoms with Gasteiger partial charge in [-0.3, -0.25) is 19.4 Å². The summed E-state index contributed by atoms with van der Waals surface area (Å²) in [5.74, 6) is -1.69. The van der Waals surface area contributed by atoms with Gasteiger partial charge < -0.3 is 16.0 Å². The van der Waals surface area contributed by atoms with Crippen molar-refractivity contribution in [2.24, 2.45) is 0 Å². The standard InChI is InChI=1S/C31H25F3N4O3S/c1-20(28(39)37-26-15-6-5-14-25(26)31(32,33)34)42-24-13-7-12-23(18-24)36-30(41)27(17-21-9-8-16-35-19-21)38-29(40)22-10-3-2-4-11-22/h2-20H,1H3,(H,36,41)(H,37,39)(H,38,40)/b27-17-. The highest BCUT2D eigenvalue weighted by atomic mass is 32.2. The van der Waals surface area contributed by atoms with E-state index in [0.29, 0.717) is 21.7 Å². The summed E-state index contributed by atoms with van der Waals surface area (Å²) in [7, 11) is 0. The molecule has 0 fully saturated rings. The Labute approximate surface area is 244 Å². The van der Waals surface area contributed by atoms with Crippen molar-refractivity contribution in [2.45, 2.75) is 23.2 Å². The largest absolute Gasteiger partial charge is 0.418 e. The predicted octanol–water partition coefficient (Wildman–Crippen LogP) is 6.63. The van der Waals surface area contributed by atoms with Crippen molar-refractivity contribution in [1.82, 2.24) is 10.3 Å². The third-order valence-corrected chi connectivity index (χ3v) is 6.88. The molecule has 3 N–H and O–H groups in total. The molecule has 0 spiro atoms. The van der Waals surface area contributed by atoms with Crippen LogP contribution < -0.4 is 16.0 Å². The maximum Gasteiger partial charge on any atom is 0.418 e. The van der Waals surface area contributed by atoms with E-state index < -0.39 is 34.7 Å². The first-order chi connectivity index (χ1) is 20.1. The number of aromatic nitrogens is 1. The normalized spacial score (nSPS) is 12.2. The summed E-state index contributed by atoms with van der Waals surface area (Å²) in [5.41, 5.74) is 0.0546. The van der Waals surface area contributed by atoms with E-state index in [9.17, 15) is 27.6 Å². The van der Waals surface area contributed by atoms with Crippen LogP contribution in [0.3, 0.4) is 0 Å². The molecule has 1 heterocycles.